The average Bonchev–Trinajstić information content (AvgIpc) is 1.62. The number of rotatable bonds is 25. The fraction of sp³-hybridized carbons (Fsp3) is 0.189. The zero-order valence-electron chi connectivity index (χ0n) is 57.1. The predicted molar refractivity (Wildman–Crippen MR) is 393 cm³/mol. The maximum absolute atomic E-state index is 13.5. The van der Waals surface area contributed by atoms with Crippen LogP contribution in [0.5, 0.6) is 0 Å². The van der Waals surface area contributed by atoms with Crippen molar-refractivity contribution in [3.8, 4) is 0 Å². The van der Waals surface area contributed by atoms with Crippen molar-refractivity contribution in [2.75, 3.05) is 42.2 Å². The molecule has 2 heterocycles. The number of likely N-dealkylation sites (N-methyl/N-ethyl adjacent to an activating group) is 1. The lowest BCUT2D eigenvalue weighted by Crippen LogP contribution is -2.44. The minimum Gasteiger partial charge on any atom is -0.481 e. The summed E-state index contributed by atoms with van der Waals surface area (Å²) < 4.78 is 28.4. The summed E-state index contributed by atoms with van der Waals surface area (Å²) in [6, 6.07) is 55.9. The molecular weight excluding hydrogens is 1370 g/mol. The highest BCUT2D eigenvalue weighted by molar-refractivity contribution is 7.89. The first-order valence-electron chi connectivity index (χ1n) is 32.5. The maximum Gasteiger partial charge on any atom is 0.325 e. The van der Waals surface area contributed by atoms with Crippen LogP contribution in [0.3, 0.4) is 0 Å². The molecule has 8 aromatic carbocycles. The van der Waals surface area contributed by atoms with Gasteiger partial charge in [0.1, 0.15) is 25.2 Å². The third kappa shape index (κ3) is 21.9. The molecule has 10 amide bonds. The Labute approximate surface area is 604 Å². The first kappa shape index (κ1) is 77.4. The molecule has 30 nitrogen and oxygen atoms in total. The summed E-state index contributed by atoms with van der Waals surface area (Å²) in [5.74, 6) is -5.45. The van der Waals surface area contributed by atoms with Gasteiger partial charge in [-0.25, -0.2) is 32.7 Å². The molecule has 0 radical (unpaired) electrons. The minimum atomic E-state index is -4.11. The fourth-order valence-corrected chi connectivity index (χ4v) is 12.3. The van der Waals surface area contributed by atoms with Crippen LogP contribution in [0.1, 0.15) is 99.8 Å². The summed E-state index contributed by atoms with van der Waals surface area (Å²) in [5.41, 5.74) is 25.9. The number of sulfonamides is 1. The summed E-state index contributed by atoms with van der Waals surface area (Å²) in [6.07, 6.45) is -0.114. The molecule has 0 bridgehead atoms. The molecule has 1 fully saturated rings. The van der Waals surface area contributed by atoms with Gasteiger partial charge in [-0.3, -0.25) is 43.3 Å². The van der Waals surface area contributed by atoms with Crippen LogP contribution in [0.2, 0.25) is 0 Å². The van der Waals surface area contributed by atoms with E-state index in [2.05, 4.69) is 46.6 Å². The SMILES string of the molecule is CCC(NC(=O)CN1CC(=O)N(C)c2ccc(NC(=O)NCc3ccccc3)cc2C1=O)c1ccccc1.C[C@@]1(c2ccc(N=C(N)N)cc2)NC(=O)N(CC(=O)N[C@H](CC(=O)O)c2ccccc2)C1=O.NC(N)=Nc1cccc(C(=O)Nc2cccc(S(=O)(=O)NC(CC(=O)O)c3ccccc3)c2)c1. The van der Waals surface area contributed by atoms with Crippen LogP contribution < -0.4 is 64.5 Å². The number of nitrogens with zero attached hydrogens (tertiary/aromatic N) is 5. The number of carbonyl (C=O) groups excluding carboxylic acids is 8. The lowest BCUT2D eigenvalue weighted by Gasteiger charge is -2.23. The van der Waals surface area contributed by atoms with E-state index in [1.807, 2.05) is 67.6 Å². The Hall–Kier alpha value is -13.3. The Bertz CT molecular complexity index is 4670. The topological polar surface area (TPSA) is 468 Å². The number of carboxylic acid groups (broad SMARTS) is 2. The number of carboxylic acids is 2. The zero-order chi connectivity index (χ0) is 76.0. The van der Waals surface area contributed by atoms with Crippen LogP contribution >= 0.6 is 0 Å². The molecule has 4 atom stereocenters. The van der Waals surface area contributed by atoms with Gasteiger partial charge in [-0.2, -0.15) is 0 Å². The van der Waals surface area contributed by atoms with E-state index >= 15 is 0 Å². The monoisotopic (exact) mass is 1450 g/mol. The Kier molecular flexibility index (Phi) is 26.4. The van der Waals surface area contributed by atoms with Crippen molar-refractivity contribution in [2.24, 2.45) is 32.9 Å². The molecule has 0 saturated carbocycles. The molecule has 2 aliphatic rings. The number of urea groups is 2. The van der Waals surface area contributed by atoms with Crippen molar-refractivity contribution in [2.45, 2.75) is 68.2 Å². The predicted octanol–water partition coefficient (Wildman–Crippen LogP) is 6.72. The van der Waals surface area contributed by atoms with Crippen molar-refractivity contribution in [1.82, 2.24) is 35.8 Å². The maximum atomic E-state index is 13.5. The number of aliphatic carboxylic acids is 2. The van der Waals surface area contributed by atoms with Gasteiger partial charge in [0.2, 0.25) is 27.7 Å². The van der Waals surface area contributed by atoms with Gasteiger partial charge in [0.15, 0.2) is 11.9 Å². The molecule has 0 aromatic heterocycles. The van der Waals surface area contributed by atoms with E-state index < -0.39 is 88.2 Å². The summed E-state index contributed by atoms with van der Waals surface area (Å²) in [6.45, 7) is 2.77. The smallest absolute Gasteiger partial charge is 0.325 e. The molecule has 17 N–H and O–H groups in total. The minimum absolute atomic E-state index is 0.118. The molecule has 1 saturated heterocycles. The number of guanidine groups is 2. The standard InChI is InChI=1S/C29H31N5O4.C23H23N5O5S.C22H24N6O5/c1-3-24(21-12-8-5-9-13-21)32-26(35)18-34-19-27(36)33(2)25-15-14-22(16-23(25)28(34)37)31-29(38)30-17-20-10-6-4-7-11-20;24-23(25)27-17-9-4-8-16(12-17)22(31)26-18-10-5-11-19(13-18)34(32,33)28-20(14-21(29)30)15-6-2-1-3-7-15;1-22(14-7-9-15(10-8-14)25-20(23)24)19(32)28(21(33)27-22)12-17(29)26-16(11-18(30)31)13-5-3-2-4-6-13/h4-16,24H,3,17-19H2,1-2H3,(H,32,35)(H2,30,31,38);1-13,20,28H,14H2,(H,26,31)(H,29,30)(H4,24,25,27);2-10,16H,11-12H2,1H3,(H,26,29)(H,27,33)(H,30,31)(H4,23,24,25)/t;;16-,22+/m..1/s1. The summed E-state index contributed by atoms with van der Waals surface area (Å²) in [4.78, 5) is 136. The lowest BCUT2D eigenvalue weighted by molar-refractivity contribution is -0.139. The van der Waals surface area contributed by atoms with Gasteiger partial charge in [-0.15, -0.1) is 0 Å². The first-order chi connectivity index (χ1) is 50.1. The van der Waals surface area contributed by atoms with E-state index in [9.17, 15) is 66.6 Å². The van der Waals surface area contributed by atoms with Gasteiger partial charge in [-0.05, 0) is 108 Å². The van der Waals surface area contributed by atoms with Gasteiger partial charge in [-0.1, -0.05) is 153 Å². The Morgan fingerprint density at radius 1 is 0.590 bits per heavy atom. The third-order valence-corrected chi connectivity index (χ3v) is 17.7. The van der Waals surface area contributed by atoms with Crippen molar-refractivity contribution in [3.05, 3.63) is 251 Å². The highest BCUT2D eigenvalue weighted by Crippen LogP contribution is 2.32. The van der Waals surface area contributed by atoms with Crippen LogP contribution in [0.25, 0.3) is 0 Å². The van der Waals surface area contributed by atoms with Crippen LogP contribution in [-0.4, -0.2) is 126 Å². The molecule has 2 unspecified atom stereocenters. The summed E-state index contributed by atoms with van der Waals surface area (Å²) in [5, 5.41) is 34.7. The molecule has 105 heavy (non-hydrogen) atoms. The average molecular weight is 1450 g/mol. The van der Waals surface area contributed by atoms with Gasteiger partial charge >= 0.3 is 24.0 Å². The number of hydrogen-bond acceptors (Lipinski definition) is 14. The number of nitrogens with one attached hydrogen (secondary N) is 7. The van der Waals surface area contributed by atoms with Crippen LogP contribution in [0.15, 0.2) is 227 Å². The van der Waals surface area contributed by atoms with Crippen molar-refractivity contribution >= 4 is 110 Å². The van der Waals surface area contributed by atoms with Crippen LogP contribution in [-0.2, 0) is 50.9 Å². The Morgan fingerprint density at radius 2 is 1.12 bits per heavy atom. The van der Waals surface area contributed by atoms with Gasteiger partial charge in [0, 0.05) is 30.5 Å². The second kappa shape index (κ2) is 35.8. The molecule has 8 aromatic rings. The van der Waals surface area contributed by atoms with Gasteiger partial charge in [0.05, 0.1) is 58.5 Å². The van der Waals surface area contributed by atoms with E-state index in [0.29, 0.717) is 52.4 Å². The number of anilines is 3. The molecular formula is C74H78N16O14S. The Balaban J connectivity index is 0.000000200. The molecule has 544 valence electrons. The van der Waals surface area contributed by atoms with E-state index in [4.69, 9.17) is 22.9 Å². The van der Waals surface area contributed by atoms with Crippen molar-refractivity contribution in [3.63, 3.8) is 0 Å². The first-order valence-corrected chi connectivity index (χ1v) is 34.0. The number of fused-ring (bicyclic) bond motifs is 1. The third-order valence-electron chi connectivity index (χ3n) is 16.3. The quantitative estimate of drug-likeness (QED) is 0.0160. The number of hydrogen-bond donors (Lipinski definition) is 13. The van der Waals surface area contributed by atoms with Crippen LogP contribution in [0, 0.1) is 0 Å². The van der Waals surface area contributed by atoms with Crippen molar-refractivity contribution < 1.29 is 66.6 Å². The van der Waals surface area contributed by atoms with E-state index in [-0.39, 0.29) is 71.0 Å². The second-order valence-electron chi connectivity index (χ2n) is 24.0. The summed E-state index contributed by atoms with van der Waals surface area (Å²) in [7, 11) is -2.52. The number of benzene rings is 8. The fourth-order valence-electron chi connectivity index (χ4n) is 11.0. The van der Waals surface area contributed by atoms with Gasteiger partial charge < -0.3 is 74.8 Å². The van der Waals surface area contributed by atoms with E-state index in [0.717, 1.165) is 16.0 Å². The molecule has 31 heteroatoms. The number of carbonyl (C=O) groups is 10. The largest absolute Gasteiger partial charge is 0.481 e. The highest BCUT2D eigenvalue weighted by atomic mass is 32.2. The molecule has 0 spiro atoms. The highest BCUT2D eigenvalue weighted by Gasteiger charge is 2.49. The number of nitrogens with two attached hydrogens (primary N) is 4. The van der Waals surface area contributed by atoms with E-state index in [1.165, 1.54) is 53.1 Å². The van der Waals surface area contributed by atoms with Crippen molar-refractivity contribution in [1.29, 1.82) is 0 Å². The molecule has 2 aliphatic heterocycles. The number of imide groups is 1. The molecule has 10 rings (SSSR count). The second-order valence-corrected chi connectivity index (χ2v) is 25.7. The normalized spacial score (nSPS) is 14.6. The van der Waals surface area contributed by atoms with Crippen LogP contribution in [0.4, 0.5) is 38.0 Å². The number of aliphatic imine (C=N–C) groups is 2. The Morgan fingerprint density at radius 3 is 1.71 bits per heavy atom. The molecule has 0 aliphatic carbocycles. The number of amides is 10. The lowest BCUT2D eigenvalue weighted by atomic mass is 9.92. The van der Waals surface area contributed by atoms with Gasteiger partial charge in [0.25, 0.3) is 17.7 Å². The summed E-state index contributed by atoms with van der Waals surface area (Å²) >= 11 is 0. The van der Waals surface area contributed by atoms with E-state index in [1.54, 1.807) is 122 Å². The zero-order valence-corrected chi connectivity index (χ0v) is 58.0.